The van der Waals surface area contributed by atoms with Crippen molar-refractivity contribution in [1.82, 2.24) is 9.55 Å². The van der Waals surface area contributed by atoms with E-state index in [0.29, 0.717) is 5.92 Å². The molecular weight excluding hydrogens is 290 g/mol. The third-order valence-corrected chi connectivity index (χ3v) is 3.89. The normalized spacial score (nSPS) is 16.8. The molecule has 1 aliphatic carbocycles. The first kappa shape index (κ1) is 11.9. The van der Waals surface area contributed by atoms with Crippen molar-refractivity contribution in [1.29, 1.82) is 0 Å². The van der Waals surface area contributed by atoms with Gasteiger partial charge in [0.05, 0.1) is 12.2 Å². The van der Waals surface area contributed by atoms with Crippen LogP contribution in [0.5, 0.6) is 0 Å². The van der Waals surface area contributed by atoms with E-state index in [9.17, 15) is 0 Å². The number of pyridine rings is 1. The molecule has 3 nitrogen and oxygen atoms in total. The van der Waals surface area contributed by atoms with Gasteiger partial charge in [-0.2, -0.15) is 0 Å². The lowest BCUT2D eigenvalue weighted by atomic mass is 10.1. The average molecular weight is 306 g/mol. The summed E-state index contributed by atoms with van der Waals surface area (Å²) in [5.74, 6) is 0.701. The summed E-state index contributed by atoms with van der Waals surface area (Å²) in [6.45, 7) is 0.796. The van der Waals surface area contributed by atoms with E-state index in [0.717, 1.165) is 16.7 Å². The highest BCUT2D eigenvalue weighted by Gasteiger charge is 2.29. The van der Waals surface area contributed by atoms with Gasteiger partial charge in [-0.3, -0.25) is 4.98 Å². The number of rotatable bonds is 4. The lowest BCUT2D eigenvalue weighted by Gasteiger charge is -2.07. The molecule has 0 bridgehead atoms. The van der Waals surface area contributed by atoms with Gasteiger partial charge in [0, 0.05) is 29.1 Å². The molecule has 0 spiro atoms. The SMILES string of the molecule is NC(c1ccn(Cc2ccc(Br)cn2)c1)C1CC1. The fraction of sp³-hybridized carbons (Fsp3) is 0.357. The second-order valence-corrected chi connectivity index (χ2v) is 5.86. The Kier molecular flexibility index (Phi) is 3.22. The molecule has 2 heterocycles. The number of halogens is 1. The monoisotopic (exact) mass is 305 g/mol. The maximum absolute atomic E-state index is 6.19. The Labute approximate surface area is 115 Å². The predicted octanol–water partition coefficient (Wildman–Crippen LogP) is 3.10. The molecule has 1 fully saturated rings. The summed E-state index contributed by atoms with van der Waals surface area (Å²) < 4.78 is 3.16. The maximum atomic E-state index is 6.19. The second kappa shape index (κ2) is 4.86. The molecule has 1 saturated carbocycles. The Morgan fingerprint density at radius 3 is 2.89 bits per heavy atom. The average Bonchev–Trinajstić information content (AvgIpc) is 3.12. The molecule has 0 aromatic carbocycles. The number of aromatic nitrogens is 2. The standard InChI is InChI=1S/C14H16BrN3/c15-12-3-4-13(17-7-12)9-18-6-5-11(8-18)14(16)10-1-2-10/h3-8,10,14H,1-2,9,16H2. The summed E-state index contributed by atoms with van der Waals surface area (Å²) in [6, 6.07) is 6.39. The van der Waals surface area contributed by atoms with Crippen molar-refractivity contribution in [2.45, 2.75) is 25.4 Å². The molecule has 0 amide bonds. The molecule has 4 heteroatoms. The van der Waals surface area contributed by atoms with Crippen molar-refractivity contribution in [2.24, 2.45) is 11.7 Å². The smallest absolute Gasteiger partial charge is 0.0642 e. The van der Waals surface area contributed by atoms with Gasteiger partial charge in [0.1, 0.15) is 0 Å². The maximum Gasteiger partial charge on any atom is 0.0642 e. The third kappa shape index (κ3) is 2.65. The van der Waals surface area contributed by atoms with Gasteiger partial charge in [-0.1, -0.05) is 0 Å². The van der Waals surface area contributed by atoms with Crippen LogP contribution in [0, 0.1) is 5.92 Å². The molecular formula is C14H16BrN3. The molecule has 94 valence electrons. The lowest BCUT2D eigenvalue weighted by molar-refractivity contribution is 0.630. The van der Waals surface area contributed by atoms with Crippen molar-refractivity contribution in [3.05, 3.63) is 52.5 Å². The van der Waals surface area contributed by atoms with E-state index in [4.69, 9.17) is 5.73 Å². The molecule has 18 heavy (non-hydrogen) atoms. The molecule has 0 radical (unpaired) electrons. The minimum atomic E-state index is 0.212. The zero-order chi connectivity index (χ0) is 12.5. The predicted molar refractivity (Wildman–Crippen MR) is 75.1 cm³/mol. The van der Waals surface area contributed by atoms with Gasteiger partial charge in [0.15, 0.2) is 0 Å². The molecule has 0 saturated heterocycles. The van der Waals surface area contributed by atoms with Crippen molar-refractivity contribution >= 4 is 15.9 Å². The van der Waals surface area contributed by atoms with Crippen LogP contribution >= 0.6 is 15.9 Å². The second-order valence-electron chi connectivity index (χ2n) is 4.95. The topological polar surface area (TPSA) is 43.8 Å². The van der Waals surface area contributed by atoms with E-state index in [1.54, 1.807) is 0 Å². The quantitative estimate of drug-likeness (QED) is 0.943. The first-order valence-electron chi connectivity index (χ1n) is 6.24. The van der Waals surface area contributed by atoms with Gasteiger partial charge in [0.25, 0.3) is 0 Å². The fourth-order valence-corrected chi connectivity index (χ4v) is 2.40. The summed E-state index contributed by atoms with van der Waals surface area (Å²) >= 11 is 3.39. The molecule has 1 atom stereocenters. The van der Waals surface area contributed by atoms with Crippen LogP contribution in [0.3, 0.4) is 0 Å². The Bertz CT molecular complexity index is 528. The van der Waals surface area contributed by atoms with Crippen molar-refractivity contribution in [3.63, 3.8) is 0 Å². The summed E-state index contributed by atoms with van der Waals surface area (Å²) in [6.07, 6.45) is 8.62. The Morgan fingerprint density at radius 1 is 1.39 bits per heavy atom. The first-order chi connectivity index (χ1) is 8.72. The third-order valence-electron chi connectivity index (χ3n) is 3.42. The van der Waals surface area contributed by atoms with Crippen LogP contribution in [-0.2, 0) is 6.54 Å². The van der Waals surface area contributed by atoms with Crippen LogP contribution in [0.15, 0.2) is 41.3 Å². The molecule has 3 rings (SSSR count). The summed E-state index contributed by atoms with van der Waals surface area (Å²) in [5, 5.41) is 0. The molecule has 1 aliphatic rings. The van der Waals surface area contributed by atoms with E-state index in [-0.39, 0.29) is 6.04 Å². The van der Waals surface area contributed by atoms with E-state index in [1.807, 2.05) is 18.3 Å². The van der Waals surface area contributed by atoms with E-state index in [1.165, 1.54) is 18.4 Å². The van der Waals surface area contributed by atoms with Crippen LogP contribution < -0.4 is 5.73 Å². The highest BCUT2D eigenvalue weighted by atomic mass is 79.9. The molecule has 2 N–H and O–H groups in total. The zero-order valence-electron chi connectivity index (χ0n) is 10.1. The van der Waals surface area contributed by atoms with Crippen LogP contribution in [0.1, 0.15) is 30.1 Å². The fourth-order valence-electron chi connectivity index (χ4n) is 2.17. The zero-order valence-corrected chi connectivity index (χ0v) is 11.7. The van der Waals surface area contributed by atoms with Gasteiger partial charge >= 0.3 is 0 Å². The number of hydrogen-bond acceptors (Lipinski definition) is 2. The van der Waals surface area contributed by atoms with Gasteiger partial charge in [-0.05, 0) is 58.5 Å². The summed E-state index contributed by atoms with van der Waals surface area (Å²) in [5.41, 5.74) is 8.49. The van der Waals surface area contributed by atoms with Gasteiger partial charge < -0.3 is 10.3 Å². The largest absolute Gasteiger partial charge is 0.348 e. The van der Waals surface area contributed by atoms with Crippen LogP contribution in [0.2, 0.25) is 0 Å². The highest BCUT2D eigenvalue weighted by Crippen LogP contribution is 2.39. The Morgan fingerprint density at radius 2 is 2.22 bits per heavy atom. The molecule has 2 aromatic rings. The number of nitrogens with zero attached hydrogens (tertiary/aromatic N) is 2. The number of nitrogens with two attached hydrogens (primary N) is 1. The van der Waals surface area contributed by atoms with Crippen molar-refractivity contribution < 1.29 is 0 Å². The Hall–Kier alpha value is -1.13. The summed E-state index contributed by atoms with van der Waals surface area (Å²) in [4.78, 5) is 4.38. The van der Waals surface area contributed by atoms with Gasteiger partial charge in [-0.25, -0.2) is 0 Å². The van der Waals surface area contributed by atoms with E-state index < -0.39 is 0 Å². The van der Waals surface area contributed by atoms with Crippen LogP contribution in [0.25, 0.3) is 0 Å². The minimum Gasteiger partial charge on any atom is -0.348 e. The molecule has 0 aliphatic heterocycles. The minimum absolute atomic E-state index is 0.212. The van der Waals surface area contributed by atoms with Gasteiger partial charge in [-0.15, -0.1) is 0 Å². The van der Waals surface area contributed by atoms with Crippen LogP contribution in [-0.4, -0.2) is 9.55 Å². The molecule has 1 unspecified atom stereocenters. The van der Waals surface area contributed by atoms with Crippen LogP contribution in [0.4, 0.5) is 0 Å². The summed E-state index contributed by atoms with van der Waals surface area (Å²) in [7, 11) is 0. The van der Waals surface area contributed by atoms with E-state index in [2.05, 4.69) is 43.9 Å². The highest BCUT2D eigenvalue weighted by molar-refractivity contribution is 9.10. The Balaban J connectivity index is 1.71. The van der Waals surface area contributed by atoms with Crippen molar-refractivity contribution in [2.75, 3.05) is 0 Å². The van der Waals surface area contributed by atoms with Gasteiger partial charge in [0.2, 0.25) is 0 Å². The van der Waals surface area contributed by atoms with Crippen molar-refractivity contribution in [3.8, 4) is 0 Å². The number of hydrogen-bond donors (Lipinski definition) is 1. The first-order valence-corrected chi connectivity index (χ1v) is 7.03. The van der Waals surface area contributed by atoms with E-state index >= 15 is 0 Å². The molecule has 2 aromatic heterocycles. The lowest BCUT2D eigenvalue weighted by Crippen LogP contribution is -2.11.